The van der Waals surface area contributed by atoms with Crippen molar-refractivity contribution in [3.63, 3.8) is 0 Å². The van der Waals surface area contributed by atoms with Crippen molar-refractivity contribution in [2.24, 2.45) is 5.73 Å². The lowest BCUT2D eigenvalue weighted by atomic mass is 10.1. The highest BCUT2D eigenvalue weighted by atomic mass is 32.1. The largest absolute Gasteiger partial charge is 0.394 e. The fourth-order valence-corrected chi connectivity index (χ4v) is 4.34. The van der Waals surface area contributed by atoms with Crippen LogP contribution < -0.4 is 20.7 Å². The molecule has 0 atom stereocenters. The summed E-state index contributed by atoms with van der Waals surface area (Å²) >= 11 is 1.32. The number of hydrogen-bond acceptors (Lipinski definition) is 9. The van der Waals surface area contributed by atoms with Gasteiger partial charge in [-0.15, -0.1) is 5.10 Å². The zero-order chi connectivity index (χ0) is 20.8. The summed E-state index contributed by atoms with van der Waals surface area (Å²) in [5.41, 5.74) is 8.08. The minimum absolute atomic E-state index is 0.168. The molecule has 11 heteroatoms. The molecule has 156 valence electrons. The maximum Gasteiger partial charge on any atom is 0.327 e. The van der Waals surface area contributed by atoms with E-state index in [9.17, 15) is 4.39 Å². The Labute approximate surface area is 175 Å². The Morgan fingerprint density at radius 1 is 1.27 bits per heavy atom. The topological polar surface area (TPSA) is 118 Å². The molecule has 3 aromatic heterocycles. The molecule has 0 bridgehead atoms. The number of piperidine rings is 1. The van der Waals surface area contributed by atoms with Crippen LogP contribution in [0.5, 0.6) is 11.2 Å². The van der Waals surface area contributed by atoms with Crippen molar-refractivity contribution >= 4 is 44.8 Å². The smallest absolute Gasteiger partial charge is 0.327 e. The molecule has 0 radical (unpaired) electrons. The molecule has 4 N–H and O–H groups in total. The van der Waals surface area contributed by atoms with Crippen molar-refractivity contribution < 1.29 is 9.13 Å². The standard InChI is InChI=1S/C19H21FN8OS/c1-9-26-27-19(30-9)29-18-24-16-14(17(25-18)28-5-3-11(21)4-6-28)12-7-10(20)8-13(22-2)15(12)23-16/h7-8,11,22H,3-6,21H2,1-2H3,(H,23,24,25). The van der Waals surface area contributed by atoms with Gasteiger partial charge in [-0.1, -0.05) is 16.4 Å². The van der Waals surface area contributed by atoms with Crippen LogP contribution in [0.1, 0.15) is 17.8 Å². The van der Waals surface area contributed by atoms with Gasteiger partial charge < -0.3 is 25.7 Å². The lowest BCUT2D eigenvalue weighted by Crippen LogP contribution is -2.40. The van der Waals surface area contributed by atoms with Crippen LogP contribution in [-0.2, 0) is 0 Å². The van der Waals surface area contributed by atoms with E-state index < -0.39 is 0 Å². The SMILES string of the molecule is CNc1cc(F)cc2c1[nH]c1nc(Oc3nnc(C)s3)nc(N3CCC(N)CC3)c12. The quantitative estimate of drug-likeness (QED) is 0.454. The van der Waals surface area contributed by atoms with Gasteiger partial charge in [0.25, 0.3) is 0 Å². The average Bonchev–Trinajstić information content (AvgIpc) is 3.30. The minimum Gasteiger partial charge on any atom is -0.394 e. The molecule has 1 aromatic carbocycles. The number of H-pyrrole nitrogens is 1. The Kier molecular flexibility index (Phi) is 4.63. The minimum atomic E-state index is -0.330. The van der Waals surface area contributed by atoms with E-state index in [2.05, 4.69) is 35.4 Å². The molecular formula is C19H21FN8OS. The second-order valence-corrected chi connectivity index (χ2v) is 8.46. The molecule has 0 aliphatic carbocycles. The molecule has 0 unspecified atom stereocenters. The van der Waals surface area contributed by atoms with Crippen LogP contribution in [0.2, 0.25) is 0 Å². The van der Waals surface area contributed by atoms with Crippen LogP contribution in [0, 0.1) is 12.7 Å². The van der Waals surface area contributed by atoms with Crippen molar-refractivity contribution in [1.29, 1.82) is 0 Å². The second kappa shape index (κ2) is 7.33. The Morgan fingerprint density at radius 2 is 2.07 bits per heavy atom. The number of hydrogen-bond donors (Lipinski definition) is 3. The number of halogens is 1. The lowest BCUT2D eigenvalue weighted by Gasteiger charge is -2.31. The molecule has 4 heterocycles. The molecular weight excluding hydrogens is 407 g/mol. The first kappa shape index (κ1) is 18.9. The third-order valence-electron chi connectivity index (χ3n) is 5.28. The first-order valence-corrected chi connectivity index (χ1v) is 10.5. The summed E-state index contributed by atoms with van der Waals surface area (Å²) in [4.78, 5) is 14.7. The van der Waals surface area contributed by atoms with Gasteiger partial charge in [-0.3, -0.25) is 0 Å². The van der Waals surface area contributed by atoms with E-state index in [4.69, 9.17) is 10.5 Å². The van der Waals surface area contributed by atoms with Crippen molar-refractivity contribution in [3.05, 3.63) is 23.0 Å². The number of nitrogens with zero attached hydrogens (tertiary/aromatic N) is 5. The van der Waals surface area contributed by atoms with Crippen LogP contribution in [-0.4, -0.2) is 51.3 Å². The summed E-state index contributed by atoms with van der Waals surface area (Å²) < 4.78 is 20.1. The Morgan fingerprint density at radius 3 is 2.77 bits per heavy atom. The number of nitrogens with two attached hydrogens (primary N) is 1. The normalized spacial score (nSPS) is 15.3. The summed E-state index contributed by atoms with van der Waals surface area (Å²) in [6.45, 7) is 3.36. The van der Waals surface area contributed by atoms with Gasteiger partial charge >= 0.3 is 11.2 Å². The molecule has 0 spiro atoms. The predicted molar refractivity (Wildman–Crippen MR) is 115 cm³/mol. The van der Waals surface area contributed by atoms with Gasteiger partial charge in [0.05, 0.1) is 16.6 Å². The molecule has 4 aromatic rings. The molecule has 1 fully saturated rings. The van der Waals surface area contributed by atoms with Gasteiger partial charge in [0.2, 0.25) is 0 Å². The highest BCUT2D eigenvalue weighted by molar-refractivity contribution is 7.13. The molecule has 0 amide bonds. The lowest BCUT2D eigenvalue weighted by molar-refractivity contribution is 0.434. The van der Waals surface area contributed by atoms with E-state index in [-0.39, 0.29) is 17.9 Å². The van der Waals surface area contributed by atoms with Crippen LogP contribution in [0.3, 0.4) is 0 Å². The molecule has 0 saturated carbocycles. The number of fused-ring (bicyclic) bond motifs is 3. The van der Waals surface area contributed by atoms with E-state index in [1.807, 2.05) is 6.92 Å². The summed E-state index contributed by atoms with van der Waals surface area (Å²) in [6, 6.07) is 3.30. The fourth-order valence-electron chi connectivity index (χ4n) is 3.81. The monoisotopic (exact) mass is 428 g/mol. The molecule has 1 aliphatic rings. The fraction of sp³-hybridized carbons (Fsp3) is 0.368. The average molecular weight is 428 g/mol. The molecule has 9 nitrogen and oxygen atoms in total. The number of benzene rings is 1. The van der Waals surface area contributed by atoms with Gasteiger partial charge in [0, 0.05) is 31.6 Å². The van der Waals surface area contributed by atoms with Gasteiger partial charge in [-0.05, 0) is 31.9 Å². The number of nitrogens with one attached hydrogen (secondary N) is 2. The number of aromatic amines is 1. The summed E-state index contributed by atoms with van der Waals surface area (Å²) in [6.07, 6.45) is 1.71. The van der Waals surface area contributed by atoms with E-state index in [1.54, 1.807) is 7.05 Å². The van der Waals surface area contributed by atoms with E-state index >= 15 is 0 Å². The Balaban J connectivity index is 1.71. The molecule has 1 aliphatic heterocycles. The number of anilines is 2. The maximum atomic E-state index is 14.3. The van der Waals surface area contributed by atoms with E-state index in [0.29, 0.717) is 22.3 Å². The van der Waals surface area contributed by atoms with Crippen molar-refractivity contribution in [2.75, 3.05) is 30.4 Å². The number of aryl methyl sites for hydroxylation is 1. The first-order chi connectivity index (χ1) is 14.5. The van der Waals surface area contributed by atoms with Crippen LogP contribution >= 0.6 is 11.3 Å². The highest BCUT2D eigenvalue weighted by Crippen LogP contribution is 2.38. The maximum absolute atomic E-state index is 14.3. The third kappa shape index (κ3) is 3.29. The number of aromatic nitrogens is 5. The van der Waals surface area contributed by atoms with Gasteiger partial charge in [-0.2, -0.15) is 9.97 Å². The highest BCUT2D eigenvalue weighted by Gasteiger charge is 2.24. The van der Waals surface area contributed by atoms with Gasteiger partial charge in [-0.25, -0.2) is 4.39 Å². The number of rotatable bonds is 4. The molecule has 1 saturated heterocycles. The van der Waals surface area contributed by atoms with Gasteiger partial charge in [0.1, 0.15) is 22.3 Å². The zero-order valence-corrected chi connectivity index (χ0v) is 17.4. The summed E-state index contributed by atoms with van der Waals surface area (Å²) in [5, 5.41) is 13.6. The predicted octanol–water partition coefficient (Wildman–Crippen LogP) is 3.17. The second-order valence-electron chi connectivity index (χ2n) is 7.32. The number of ether oxygens (including phenoxy) is 1. The van der Waals surface area contributed by atoms with Crippen LogP contribution in [0.25, 0.3) is 21.9 Å². The van der Waals surface area contributed by atoms with E-state index in [0.717, 1.165) is 47.2 Å². The van der Waals surface area contributed by atoms with Crippen molar-refractivity contribution in [2.45, 2.75) is 25.8 Å². The Bertz CT molecular complexity index is 1230. The third-order valence-corrected chi connectivity index (χ3v) is 6.00. The van der Waals surface area contributed by atoms with E-state index in [1.165, 1.54) is 23.5 Å². The van der Waals surface area contributed by atoms with Gasteiger partial charge in [0.15, 0.2) is 0 Å². The van der Waals surface area contributed by atoms with Crippen molar-refractivity contribution in [3.8, 4) is 11.2 Å². The summed E-state index contributed by atoms with van der Waals surface area (Å²) in [5.74, 6) is 0.367. The molecule has 30 heavy (non-hydrogen) atoms. The van der Waals surface area contributed by atoms with Crippen molar-refractivity contribution in [1.82, 2.24) is 25.1 Å². The molecule has 5 rings (SSSR count). The van der Waals surface area contributed by atoms with Crippen LogP contribution in [0.4, 0.5) is 15.9 Å². The van der Waals surface area contributed by atoms with Crippen LogP contribution in [0.15, 0.2) is 12.1 Å². The zero-order valence-electron chi connectivity index (χ0n) is 16.6. The summed E-state index contributed by atoms with van der Waals surface area (Å²) in [7, 11) is 1.75. The first-order valence-electron chi connectivity index (χ1n) is 9.71. The Hall–Kier alpha value is -3.05.